The first-order chi connectivity index (χ1) is 18.1. The topological polar surface area (TPSA) is 112 Å². The van der Waals surface area contributed by atoms with E-state index in [1.54, 1.807) is 6.26 Å². The minimum Gasteiger partial charge on any atom is -0.431 e. The molecule has 38 heavy (non-hydrogen) atoms. The van der Waals surface area contributed by atoms with Gasteiger partial charge in [-0.05, 0) is 92.6 Å². The predicted octanol–water partition coefficient (Wildman–Crippen LogP) is 2.81. The second-order valence-corrected chi connectivity index (χ2v) is 13.5. The van der Waals surface area contributed by atoms with Gasteiger partial charge in [0.15, 0.2) is 0 Å². The van der Waals surface area contributed by atoms with Crippen molar-refractivity contribution in [2.24, 2.45) is 22.7 Å². The predicted molar refractivity (Wildman–Crippen MR) is 142 cm³/mol. The van der Waals surface area contributed by atoms with Crippen molar-refractivity contribution in [1.82, 2.24) is 10.2 Å². The van der Waals surface area contributed by atoms with Gasteiger partial charge < -0.3 is 24.7 Å². The zero-order chi connectivity index (χ0) is 26.8. The molecule has 5 fully saturated rings. The zero-order valence-electron chi connectivity index (χ0n) is 22.9. The Hall–Kier alpha value is -1.74. The Balaban J connectivity index is 1.17. The van der Waals surface area contributed by atoms with Gasteiger partial charge >= 0.3 is 5.63 Å². The molecule has 0 spiro atoms. The van der Waals surface area contributed by atoms with E-state index >= 15 is 0 Å². The molecule has 1 aromatic rings. The largest absolute Gasteiger partial charge is 0.431 e. The number of rotatable bonds is 4. The number of hydrogen-bond donors (Lipinski definition) is 3. The van der Waals surface area contributed by atoms with Gasteiger partial charge in [0.1, 0.15) is 0 Å². The van der Waals surface area contributed by atoms with Crippen LogP contribution in [-0.4, -0.2) is 71.1 Å². The van der Waals surface area contributed by atoms with Crippen LogP contribution >= 0.6 is 0 Å². The van der Waals surface area contributed by atoms with Crippen molar-refractivity contribution in [2.75, 3.05) is 32.8 Å². The molecule has 2 heterocycles. The monoisotopic (exact) mass is 528 g/mol. The number of hydrogen-bond acceptors (Lipinski definition) is 7. The summed E-state index contributed by atoms with van der Waals surface area (Å²) in [7, 11) is 0. The van der Waals surface area contributed by atoms with Crippen LogP contribution in [0.3, 0.4) is 0 Å². The average molecular weight is 529 g/mol. The molecule has 8 atom stereocenters. The van der Waals surface area contributed by atoms with Crippen LogP contribution in [0.25, 0.3) is 0 Å². The van der Waals surface area contributed by atoms with Crippen molar-refractivity contribution in [3.05, 3.63) is 34.4 Å². The van der Waals surface area contributed by atoms with Gasteiger partial charge in [-0.2, -0.15) is 0 Å². The van der Waals surface area contributed by atoms with Crippen molar-refractivity contribution in [2.45, 2.75) is 94.8 Å². The molecule has 4 saturated carbocycles. The van der Waals surface area contributed by atoms with Gasteiger partial charge in [0, 0.05) is 30.6 Å². The third kappa shape index (κ3) is 4.01. The van der Waals surface area contributed by atoms with E-state index < -0.39 is 11.2 Å². The normalized spacial score (nSPS) is 45.1. The molecule has 0 aromatic carbocycles. The average Bonchev–Trinajstić information content (AvgIpc) is 3.17. The summed E-state index contributed by atoms with van der Waals surface area (Å²) in [5.41, 5.74) is -1.55. The molecule has 1 saturated heterocycles. The number of nitrogens with one attached hydrogen (secondary N) is 1. The second-order valence-electron chi connectivity index (χ2n) is 13.5. The highest BCUT2D eigenvalue weighted by molar-refractivity contribution is 5.78. The maximum absolute atomic E-state index is 12.8. The summed E-state index contributed by atoms with van der Waals surface area (Å²) >= 11 is 0. The maximum Gasteiger partial charge on any atom is 0.335 e. The molecule has 8 heteroatoms. The molecule has 210 valence electrons. The Kier molecular flexibility index (Phi) is 6.57. The van der Waals surface area contributed by atoms with Crippen LogP contribution in [-0.2, 0) is 9.53 Å². The quantitative estimate of drug-likeness (QED) is 0.551. The van der Waals surface area contributed by atoms with Crippen molar-refractivity contribution in [3.63, 3.8) is 0 Å². The number of morpholine rings is 1. The molecule has 6 rings (SSSR count). The standard InChI is InChI=1S/C30H44N2O6/c1-27-9-5-21(31-25(33)18-32-13-15-37-16-14-32)17-29(27,35)11-7-24-23(27)6-10-28(2)22(8-12-30(24,28)36)20-3-4-26(34)38-19-20/h3-4,19,21-24,35-36H,5-18H2,1-2H3,(H,31,33)/t21-,22+,23-,24+,27+,28+,29-,30-/m0/s1. The third-order valence-electron chi connectivity index (χ3n) is 12.0. The second kappa shape index (κ2) is 9.43. The van der Waals surface area contributed by atoms with Gasteiger partial charge in [0.25, 0.3) is 0 Å². The molecule has 4 aliphatic carbocycles. The van der Waals surface area contributed by atoms with E-state index in [0.717, 1.165) is 63.6 Å². The fourth-order valence-corrected chi connectivity index (χ4v) is 9.68. The number of fused-ring (bicyclic) bond motifs is 5. The van der Waals surface area contributed by atoms with Crippen LogP contribution in [0, 0.1) is 22.7 Å². The zero-order valence-corrected chi connectivity index (χ0v) is 22.9. The Morgan fingerprint density at radius 3 is 2.47 bits per heavy atom. The van der Waals surface area contributed by atoms with Gasteiger partial charge in [0.2, 0.25) is 5.91 Å². The summed E-state index contributed by atoms with van der Waals surface area (Å²) in [6.45, 7) is 7.78. The molecule has 5 aliphatic rings. The van der Waals surface area contributed by atoms with E-state index in [0.29, 0.717) is 32.6 Å². The summed E-state index contributed by atoms with van der Waals surface area (Å²) in [4.78, 5) is 26.5. The van der Waals surface area contributed by atoms with Gasteiger partial charge in [0.05, 0.1) is 37.2 Å². The molecule has 3 N–H and O–H groups in total. The lowest BCUT2D eigenvalue weighted by molar-refractivity contribution is -0.247. The highest BCUT2D eigenvalue weighted by atomic mass is 16.5. The molecule has 0 unspecified atom stereocenters. The van der Waals surface area contributed by atoms with E-state index in [-0.39, 0.29) is 46.2 Å². The van der Waals surface area contributed by atoms with E-state index in [9.17, 15) is 19.8 Å². The molecular formula is C30H44N2O6. The summed E-state index contributed by atoms with van der Waals surface area (Å²) in [6, 6.07) is 3.34. The molecule has 1 aromatic heterocycles. The van der Waals surface area contributed by atoms with Crippen molar-refractivity contribution in [1.29, 1.82) is 0 Å². The summed E-state index contributed by atoms with van der Waals surface area (Å²) < 4.78 is 10.6. The Morgan fingerprint density at radius 2 is 1.74 bits per heavy atom. The minimum absolute atomic E-state index is 0.0151. The number of carbonyl (C=O) groups excluding carboxylic acids is 1. The van der Waals surface area contributed by atoms with E-state index in [1.807, 2.05) is 6.07 Å². The van der Waals surface area contributed by atoms with Crippen LogP contribution < -0.4 is 10.9 Å². The van der Waals surface area contributed by atoms with Crippen LogP contribution in [0.15, 0.2) is 27.6 Å². The van der Waals surface area contributed by atoms with Crippen LogP contribution in [0.5, 0.6) is 0 Å². The maximum atomic E-state index is 12.8. The highest BCUT2D eigenvalue weighted by Gasteiger charge is 2.69. The van der Waals surface area contributed by atoms with E-state index in [2.05, 4.69) is 24.1 Å². The molecule has 1 aliphatic heterocycles. The first-order valence-electron chi connectivity index (χ1n) is 14.7. The number of nitrogens with zero attached hydrogens (tertiary/aromatic N) is 1. The smallest absolute Gasteiger partial charge is 0.335 e. The lowest BCUT2D eigenvalue weighted by atomic mass is 9.42. The first-order valence-corrected chi connectivity index (χ1v) is 14.7. The Morgan fingerprint density at radius 1 is 1.00 bits per heavy atom. The summed E-state index contributed by atoms with van der Waals surface area (Å²) in [6.07, 6.45) is 8.83. The lowest BCUT2D eigenvalue weighted by Gasteiger charge is -2.66. The Labute approximate surface area is 225 Å². The molecule has 0 radical (unpaired) electrons. The highest BCUT2D eigenvalue weighted by Crippen LogP contribution is 2.71. The van der Waals surface area contributed by atoms with Crippen LogP contribution in [0.2, 0.25) is 0 Å². The first kappa shape index (κ1) is 26.5. The number of carbonyl (C=O) groups is 1. The van der Waals surface area contributed by atoms with Gasteiger partial charge in [-0.3, -0.25) is 9.69 Å². The summed E-state index contributed by atoms with van der Waals surface area (Å²) in [5.74, 6) is 0.578. The fraction of sp³-hybridized carbons (Fsp3) is 0.800. The van der Waals surface area contributed by atoms with Crippen molar-refractivity contribution >= 4 is 5.91 Å². The van der Waals surface area contributed by atoms with E-state index in [4.69, 9.17) is 9.15 Å². The van der Waals surface area contributed by atoms with Gasteiger partial charge in [-0.25, -0.2) is 4.79 Å². The SMILES string of the molecule is C[C@]12CC[C@H](NC(=O)CN3CCOCC3)C[C@@]1(O)CC[C@@H]1[C@@H]2CC[C@]2(C)[C@@H](c3ccc(=O)oc3)CC[C@]12O. The molecule has 8 nitrogen and oxygen atoms in total. The number of ether oxygens (including phenoxy) is 1. The minimum atomic E-state index is -0.839. The Bertz CT molecular complexity index is 1100. The van der Waals surface area contributed by atoms with E-state index in [1.165, 1.54) is 6.07 Å². The molecular weight excluding hydrogens is 484 g/mol. The number of aliphatic hydroxyl groups is 2. The number of amides is 1. The summed E-state index contributed by atoms with van der Waals surface area (Å²) in [5, 5.41) is 27.8. The third-order valence-corrected chi connectivity index (χ3v) is 12.0. The van der Waals surface area contributed by atoms with Gasteiger partial charge in [-0.15, -0.1) is 0 Å². The molecule has 1 amide bonds. The molecule has 0 bridgehead atoms. The van der Waals surface area contributed by atoms with Crippen molar-refractivity contribution < 1.29 is 24.2 Å². The lowest BCUT2D eigenvalue weighted by Crippen LogP contribution is -2.68. The fourth-order valence-electron chi connectivity index (χ4n) is 9.68. The van der Waals surface area contributed by atoms with Gasteiger partial charge in [-0.1, -0.05) is 13.8 Å². The van der Waals surface area contributed by atoms with Crippen molar-refractivity contribution in [3.8, 4) is 0 Å². The van der Waals surface area contributed by atoms with Crippen LogP contribution in [0.4, 0.5) is 0 Å². The van der Waals surface area contributed by atoms with Crippen LogP contribution in [0.1, 0.15) is 83.1 Å².